The number of benzene rings is 2. The number of rotatable bonds is 6. The van der Waals surface area contributed by atoms with Gasteiger partial charge in [-0.05, 0) is 55.3 Å². The largest absolute Gasteiger partial charge is 0.497 e. The molecular weight excluding hydrogens is 411 g/mol. The molecular formula is C21H23FN2O5S. The van der Waals surface area contributed by atoms with E-state index in [2.05, 4.69) is 5.32 Å². The lowest BCUT2D eigenvalue weighted by atomic mass is 10.1. The van der Waals surface area contributed by atoms with Gasteiger partial charge in [0.25, 0.3) is 5.91 Å². The number of carbonyl (C=O) groups is 2. The van der Waals surface area contributed by atoms with Crippen molar-refractivity contribution in [2.45, 2.75) is 23.0 Å². The zero-order chi connectivity index (χ0) is 21.7. The molecule has 0 radical (unpaired) electrons. The van der Waals surface area contributed by atoms with Crippen LogP contribution in [0.5, 0.6) is 5.75 Å². The van der Waals surface area contributed by atoms with Crippen molar-refractivity contribution in [1.29, 1.82) is 0 Å². The van der Waals surface area contributed by atoms with Crippen LogP contribution in [0.2, 0.25) is 0 Å². The van der Waals surface area contributed by atoms with Crippen molar-refractivity contribution in [2.24, 2.45) is 0 Å². The molecule has 1 saturated heterocycles. The fourth-order valence-electron chi connectivity index (χ4n) is 3.37. The van der Waals surface area contributed by atoms with E-state index in [1.165, 1.54) is 19.2 Å². The third kappa shape index (κ3) is 4.96. The third-order valence-corrected chi connectivity index (χ3v) is 7.39. The molecule has 0 saturated carbocycles. The van der Waals surface area contributed by atoms with Crippen LogP contribution < -0.4 is 10.1 Å². The second kappa shape index (κ2) is 9.25. The molecule has 1 N–H and O–H groups in total. The van der Waals surface area contributed by atoms with Gasteiger partial charge in [0.05, 0.1) is 23.8 Å². The van der Waals surface area contributed by atoms with Gasteiger partial charge in [-0.15, -0.1) is 0 Å². The van der Waals surface area contributed by atoms with Gasteiger partial charge < -0.3 is 15.0 Å². The quantitative estimate of drug-likeness (QED) is 0.703. The molecule has 1 fully saturated rings. The Kier molecular flexibility index (Phi) is 6.71. The van der Waals surface area contributed by atoms with Gasteiger partial charge in [-0.2, -0.15) is 0 Å². The summed E-state index contributed by atoms with van der Waals surface area (Å²) in [5.41, 5.74) is 0.381. The molecule has 0 aliphatic carbocycles. The van der Waals surface area contributed by atoms with Crippen LogP contribution in [0.4, 0.5) is 4.39 Å². The molecule has 9 heteroatoms. The number of halogens is 1. The maximum atomic E-state index is 13.1. The summed E-state index contributed by atoms with van der Waals surface area (Å²) in [6.07, 6.45) is 0.574. The summed E-state index contributed by atoms with van der Waals surface area (Å²) in [6.45, 7) is 0.378. The molecule has 0 aromatic heterocycles. The molecule has 0 spiro atoms. The van der Waals surface area contributed by atoms with Crippen LogP contribution in [0.25, 0.3) is 0 Å². The Bertz CT molecular complexity index is 1020. The van der Waals surface area contributed by atoms with Crippen LogP contribution in [0.3, 0.4) is 0 Å². The summed E-state index contributed by atoms with van der Waals surface area (Å²) >= 11 is 0. The number of carbonyl (C=O) groups excluding carboxylic acids is 2. The molecule has 0 bridgehead atoms. The minimum Gasteiger partial charge on any atom is -0.497 e. The van der Waals surface area contributed by atoms with Gasteiger partial charge in [0, 0.05) is 18.7 Å². The molecule has 1 heterocycles. The van der Waals surface area contributed by atoms with Crippen molar-refractivity contribution >= 4 is 21.7 Å². The lowest BCUT2D eigenvalue weighted by Crippen LogP contribution is -2.46. The van der Waals surface area contributed by atoms with Crippen LogP contribution >= 0.6 is 0 Å². The van der Waals surface area contributed by atoms with E-state index in [1.54, 1.807) is 29.2 Å². The highest BCUT2D eigenvalue weighted by Crippen LogP contribution is 2.25. The first-order valence-electron chi connectivity index (χ1n) is 9.51. The number of likely N-dealkylation sites (tertiary alicyclic amines) is 1. The van der Waals surface area contributed by atoms with E-state index < -0.39 is 26.8 Å². The Morgan fingerprint density at radius 3 is 2.43 bits per heavy atom. The first-order chi connectivity index (χ1) is 14.3. The minimum absolute atomic E-state index is 0.0826. The topological polar surface area (TPSA) is 92.8 Å². The highest BCUT2D eigenvalue weighted by atomic mass is 32.2. The van der Waals surface area contributed by atoms with E-state index in [0.29, 0.717) is 11.3 Å². The molecule has 3 rings (SSSR count). The first-order valence-corrected chi connectivity index (χ1v) is 11.1. The van der Waals surface area contributed by atoms with Crippen LogP contribution in [0, 0.1) is 5.82 Å². The highest BCUT2D eigenvalue weighted by Gasteiger charge is 2.32. The fourth-order valence-corrected chi connectivity index (χ4v) is 5.10. The number of ether oxygens (including phenoxy) is 1. The van der Waals surface area contributed by atoms with Crippen molar-refractivity contribution in [2.75, 3.05) is 26.7 Å². The molecule has 1 aliphatic rings. The monoisotopic (exact) mass is 434 g/mol. The number of nitrogens with zero attached hydrogens (tertiary/aromatic N) is 1. The van der Waals surface area contributed by atoms with Gasteiger partial charge >= 0.3 is 0 Å². The number of piperidine rings is 1. The minimum atomic E-state index is -3.58. The second-order valence-electron chi connectivity index (χ2n) is 6.99. The van der Waals surface area contributed by atoms with E-state index in [9.17, 15) is 22.4 Å². The number of hydrogen-bond acceptors (Lipinski definition) is 5. The lowest BCUT2D eigenvalue weighted by molar-refractivity contribution is -0.130. The van der Waals surface area contributed by atoms with E-state index in [1.807, 2.05) is 0 Å². The SMILES string of the molecule is COc1cccc(C(=O)NCC(=O)N2CCC(S(=O)(=O)c3ccc(F)cc3)CC2)c1. The summed E-state index contributed by atoms with van der Waals surface area (Å²) in [5.74, 6) is -0.622. The van der Waals surface area contributed by atoms with E-state index in [4.69, 9.17) is 4.74 Å². The van der Waals surface area contributed by atoms with Crippen molar-refractivity contribution in [3.05, 3.63) is 59.9 Å². The zero-order valence-electron chi connectivity index (χ0n) is 16.5. The van der Waals surface area contributed by atoms with Crippen LogP contribution in [-0.2, 0) is 14.6 Å². The maximum Gasteiger partial charge on any atom is 0.251 e. The van der Waals surface area contributed by atoms with E-state index in [0.717, 1.165) is 12.1 Å². The molecule has 0 unspecified atom stereocenters. The lowest BCUT2D eigenvalue weighted by Gasteiger charge is -2.31. The van der Waals surface area contributed by atoms with Crippen molar-refractivity contribution < 1.29 is 27.1 Å². The number of sulfone groups is 1. The third-order valence-electron chi connectivity index (χ3n) is 5.11. The van der Waals surface area contributed by atoms with Gasteiger partial charge in [-0.1, -0.05) is 6.07 Å². The predicted octanol–water partition coefficient (Wildman–Crippen LogP) is 2.03. The Morgan fingerprint density at radius 2 is 1.80 bits per heavy atom. The molecule has 2 aromatic carbocycles. The van der Waals surface area contributed by atoms with Crippen LogP contribution in [0.1, 0.15) is 23.2 Å². The summed E-state index contributed by atoms with van der Waals surface area (Å²) in [4.78, 5) is 26.3. The van der Waals surface area contributed by atoms with Gasteiger partial charge in [-0.25, -0.2) is 12.8 Å². The van der Waals surface area contributed by atoms with Gasteiger partial charge in [0.1, 0.15) is 11.6 Å². The predicted molar refractivity (Wildman–Crippen MR) is 109 cm³/mol. The van der Waals surface area contributed by atoms with Crippen LogP contribution in [-0.4, -0.2) is 57.1 Å². The van der Waals surface area contributed by atoms with Crippen molar-refractivity contribution in [1.82, 2.24) is 10.2 Å². The fraction of sp³-hybridized carbons (Fsp3) is 0.333. The summed E-state index contributed by atoms with van der Waals surface area (Å²) in [7, 11) is -2.08. The van der Waals surface area contributed by atoms with Gasteiger partial charge in [-0.3, -0.25) is 9.59 Å². The molecule has 2 aromatic rings. The number of methoxy groups -OCH3 is 1. The second-order valence-corrected chi connectivity index (χ2v) is 9.22. The molecule has 1 aliphatic heterocycles. The molecule has 7 nitrogen and oxygen atoms in total. The smallest absolute Gasteiger partial charge is 0.251 e. The van der Waals surface area contributed by atoms with Crippen LogP contribution in [0.15, 0.2) is 53.4 Å². The van der Waals surface area contributed by atoms with Gasteiger partial charge in [0.15, 0.2) is 9.84 Å². The van der Waals surface area contributed by atoms with E-state index in [-0.39, 0.29) is 43.3 Å². The molecule has 0 atom stereocenters. The Labute approximate surface area is 174 Å². The van der Waals surface area contributed by atoms with E-state index >= 15 is 0 Å². The summed E-state index contributed by atoms with van der Waals surface area (Å²) in [6, 6.07) is 11.4. The van der Waals surface area contributed by atoms with Crippen molar-refractivity contribution in [3.8, 4) is 5.75 Å². The summed E-state index contributed by atoms with van der Waals surface area (Å²) < 4.78 is 43.5. The Morgan fingerprint density at radius 1 is 1.13 bits per heavy atom. The number of hydrogen-bond donors (Lipinski definition) is 1. The molecule has 160 valence electrons. The zero-order valence-corrected chi connectivity index (χ0v) is 17.3. The molecule has 2 amide bonds. The highest BCUT2D eigenvalue weighted by molar-refractivity contribution is 7.92. The average molecular weight is 434 g/mol. The number of nitrogens with one attached hydrogen (secondary N) is 1. The van der Waals surface area contributed by atoms with Crippen molar-refractivity contribution in [3.63, 3.8) is 0 Å². The maximum absolute atomic E-state index is 13.1. The number of amides is 2. The molecule has 30 heavy (non-hydrogen) atoms. The Hall–Kier alpha value is -2.94. The standard InChI is InChI=1S/C21H23FN2O5S/c1-29-17-4-2-3-15(13-17)21(26)23-14-20(25)24-11-9-19(10-12-24)30(27,28)18-7-5-16(22)6-8-18/h2-8,13,19H,9-12,14H2,1H3,(H,23,26). The Balaban J connectivity index is 1.52. The van der Waals surface area contributed by atoms with Gasteiger partial charge in [0.2, 0.25) is 5.91 Å². The normalized spacial score (nSPS) is 14.9. The first kappa shape index (κ1) is 21.8. The average Bonchev–Trinajstić information content (AvgIpc) is 2.77. The summed E-state index contributed by atoms with van der Waals surface area (Å²) in [5, 5.41) is 1.95.